The number of likely N-dealkylation sites (tertiary alicyclic amines) is 1. The largest absolute Gasteiger partial charge is 0.379 e. The molecule has 174 valence electrons. The minimum Gasteiger partial charge on any atom is -0.379 e. The van der Waals surface area contributed by atoms with Gasteiger partial charge in [0.1, 0.15) is 0 Å². The van der Waals surface area contributed by atoms with Crippen molar-refractivity contribution < 1.29 is 9.53 Å². The van der Waals surface area contributed by atoms with E-state index >= 15 is 0 Å². The van der Waals surface area contributed by atoms with Gasteiger partial charge in [-0.15, -0.1) is 0 Å². The van der Waals surface area contributed by atoms with Gasteiger partial charge in [-0.3, -0.25) is 14.7 Å². The highest BCUT2D eigenvalue weighted by Gasteiger charge is 2.28. The van der Waals surface area contributed by atoms with E-state index in [1.54, 1.807) is 0 Å². The van der Waals surface area contributed by atoms with Crippen molar-refractivity contribution in [1.29, 1.82) is 0 Å². The van der Waals surface area contributed by atoms with Crippen LogP contribution in [0.3, 0.4) is 0 Å². The Kier molecular flexibility index (Phi) is 11.5. The molecule has 0 aromatic heterocycles. The first-order valence-corrected chi connectivity index (χ1v) is 12.3. The zero-order chi connectivity index (χ0) is 21.8. The van der Waals surface area contributed by atoms with E-state index < -0.39 is 0 Å². The Bertz CT molecular complexity index is 518. The second-order valence-corrected chi connectivity index (χ2v) is 8.48. The summed E-state index contributed by atoms with van der Waals surface area (Å²) in [6, 6.07) is 0.797. The molecule has 2 N–H and O–H groups in total. The van der Waals surface area contributed by atoms with Crippen molar-refractivity contribution in [2.75, 3.05) is 52.5 Å². The van der Waals surface area contributed by atoms with E-state index in [9.17, 15) is 4.79 Å². The molecular formula is C23H45N5O2. The van der Waals surface area contributed by atoms with Gasteiger partial charge in [0.05, 0.1) is 19.8 Å². The van der Waals surface area contributed by atoms with Crippen LogP contribution in [0.1, 0.15) is 66.2 Å². The molecule has 2 fully saturated rings. The van der Waals surface area contributed by atoms with E-state index in [1.807, 2.05) is 0 Å². The summed E-state index contributed by atoms with van der Waals surface area (Å²) >= 11 is 0. The van der Waals surface area contributed by atoms with Crippen LogP contribution in [0.2, 0.25) is 0 Å². The number of carbonyl (C=O) groups excluding carboxylic acids is 1. The molecule has 0 bridgehead atoms. The molecule has 0 saturated carbocycles. The molecular weight excluding hydrogens is 378 g/mol. The predicted molar refractivity (Wildman–Crippen MR) is 124 cm³/mol. The summed E-state index contributed by atoms with van der Waals surface area (Å²) in [6.45, 7) is 15.9. The van der Waals surface area contributed by atoms with Gasteiger partial charge in [-0.1, -0.05) is 33.6 Å². The van der Waals surface area contributed by atoms with Gasteiger partial charge >= 0.3 is 0 Å². The number of hydrogen-bond acceptors (Lipinski definition) is 4. The molecule has 0 aromatic carbocycles. The molecule has 30 heavy (non-hydrogen) atoms. The second kappa shape index (κ2) is 13.9. The lowest BCUT2D eigenvalue weighted by Gasteiger charge is -2.38. The molecule has 0 aliphatic carbocycles. The zero-order valence-electron chi connectivity index (χ0n) is 19.8. The summed E-state index contributed by atoms with van der Waals surface area (Å²) in [7, 11) is 0. The lowest BCUT2D eigenvalue weighted by atomic mass is 9.92. The Morgan fingerprint density at radius 3 is 2.37 bits per heavy atom. The number of carbonyl (C=O) groups is 1. The van der Waals surface area contributed by atoms with Gasteiger partial charge in [-0.25, -0.2) is 0 Å². The average molecular weight is 424 g/mol. The van der Waals surface area contributed by atoms with E-state index in [4.69, 9.17) is 9.73 Å². The van der Waals surface area contributed by atoms with Gasteiger partial charge in [0.25, 0.3) is 0 Å². The normalized spacial score (nSPS) is 20.6. The third kappa shape index (κ3) is 7.41. The maximum Gasteiger partial charge on any atom is 0.222 e. The molecule has 2 aliphatic rings. The summed E-state index contributed by atoms with van der Waals surface area (Å²) in [5, 5.41) is 6.92. The van der Waals surface area contributed by atoms with Crippen LogP contribution in [0.15, 0.2) is 4.99 Å². The molecule has 2 unspecified atom stereocenters. The van der Waals surface area contributed by atoms with Gasteiger partial charge in [0, 0.05) is 51.2 Å². The SMILES string of the molecule is CCNC(=NCC(C(CC)CC)N1CCOCC1)NCCC(CC)N1CCCC1=O. The molecule has 0 spiro atoms. The molecule has 7 nitrogen and oxygen atoms in total. The fourth-order valence-electron chi connectivity index (χ4n) is 4.82. The van der Waals surface area contributed by atoms with Crippen LogP contribution in [-0.4, -0.2) is 86.2 Å². The second-order valence-electron chi connectivity index (χ2n) is 8.48. The quantitative estimate of drug-likeness (QED) is 0.373. The smallest absolute Gasteiger partial charge is 0.222 e. The molecule has 0 radical (unpaired) electrons. The van der Waals surface area contributed by atoms with E-state index in [-0.39, 0.29) is 0 Å². The first-order valence-electron chi connectivity index (χ1n) is 12.3. The third-order valence-electron chi connectivity index (χ3n) is 6.68. The summed E-state index contributed by atoms with van der Waals surface area (Å²) in [4.78, 5) is 21.7. The molecule has 2 heterocycles. The van der Waals surface area contributed by atoms with Gasteiger partial charge in [0.15, 0.2) is 5.96 Å². The summed E-state index contributed by atoms with van der Waals surface area (Å²) in [6.07, 6.45) is 6.06. The van der Waals surface area contributed by atoms with Crippen LogP contribution in [-0.2, 0) is 9.53 Å². The minimum atomic E-state index is 0.320. The van der Waals surface area contributed by atoms with Crippen LogP contribution in [0.25, 0.3) is 0 Å². The maximum atomic E-state index is 12.1. The standard InChI is InChI=1S/C23H45N5O2/c1-5-19(6-2)21(27-14-16-30-17-15-27)18-26-23(24-8-4)25-12-11-20(7-3)28-13-9-10-22(28)29/h19-21H,5-18H2,1-4H3,(H2,24,25,26). The molecule has 2 atom stereocenters. The number of rotatable bonds is 12. The highest BCUT2D eigenvalue weighted by atomic mass is 16.5. The van der Waals surface area contributed by atoms with Gasteiger partial charge in [-0.05, 0) is 32.1 Å². The van der Waals surface area contributed by atoms with Gasteiger partial charge in [-0.2, -0.15) is 0 Å². The van der Waals surface area contributed by atoms with E-state index in [1.165, 1.54) is 12.8 Å². The van der Waals surface area contributed by atoms with Gasteiger partial charge in [0.2, 0.25) is 5.91 Å². The fraction of sp³-hybridized carbons (Fsp3) is 0.913. The van der Waals surface area contributed by atoms with Crippen LogP contribution in [0.5, 0.6) is 0 Å². The van der Waals surface area contributed by atoms with E-state index in [0.29, 0.717) is 30.3 Å². The van der Waals surface area contributed by atoms with Crippen molar-refractivity contribution in [3.63, 3.8) is 0 Å². The lowest BCUT2D eigenvalue weighted by Crippen LogP contribution is -2.49. The highest BCUT2D eigenvalue weighted by molar-refractivity contribution is 5.80. The number of ether oxygens (including phenoxy) is 1. The Balaban J connectivity index is 1.93. The van der Waals surface area contributed by atoms with Crippen molar-refractivity contribution in [1.82, 2.24) is 20.4 Å². The number of guanidine groups is 1. The average Bonchev–Trinajstić information content (AvgIpc) is 3.20. The van der Waals surface area contributed by atoms with Crippen LogP contribution >= 0.6 is 0 Å². The molecule has 2 aliphatic heterocycles. The van der Waals surface area contributed by atoms with E-state index in [2.05, 4.69) is 48.1 Å². The molecule has 7 heteroatoms. The topological polar surface area (TPSA) is 69.2 Å². The first-order chi connectivity index (χ1) is 14.6. The number of morpholine rings is 1. The Labute approximate surface area is 184 Å². The van der Waals surface area contributed by atoms with Crippen molar-refractivity contribution in [2.45, 2.75) is 78.3 Å². The maximum absolute atomic E-state index is 12.1. The molecule has 2 rings (SSSR count). The lowest BCUT2D eigenvalue weighted by molar-refractivity contribution is -0.129. The van der Waals surface area contributed by atoms with Crippen molar-refractivity contribution in [2.24, 2.45) is 10.9 Å². The summed E-state index contributed by atoms with van der Waals surface area (Å²) < 4.78 is 5.57. The van der Waals surface area contributed by atoms with Crippen LogP contribution in [0, 0.1) is 5.92 Å². The van der Waals surface area contributed by atoms with Crippen LogP contribution in [0.4, 0.5) is 0 Å². The zero-order valence-corrected chi connectivity index (χ0v) is 19.8. The number of aliphatic imine (C=N–C) groups is 1. The third-order valence-corrected chi connectivity index (χ3v) is 6.68. The fourth-order valence-corrected chi connectivity index (χ4v) is 4.82. The Morgan fingerprint density at radius 1 is 1.07 bits per heavy atom. The monoisotopic (exact) mass is 423 g/mol. The number of nitrogens with zero attached hydrogens (tertiary/aromatic N) is 3. The Hall–Kier alpha value is -1.34. The number of hydrogen-bond donors (Lipinski definition) is 2. The van der Waals surface area contributed by atoms with Crippen molar-refractivity contribution >= 4 is 11.9 Å². The highest BCUT2D eigenvalue weighted by Crippen LogP contribution is 2.21. The van der Waals surface area contributed by atoms with Crippen LogP contribution < -0.4 is 10.6 Å². The minimum absolute atomic E-state index is 0.320. The number of amides is 1. The van der Waals surface area contributed by atoms with Gasteiger partial charge < -0.3 is 20.3 Å². The Morgan fingerprint density at radius 2 is 1.80 bits per heavy atom. The molecule has 0 aromatic rings. The number of nitrogens with one attached hydrogen (secondary N) is 2. The molecule has 2 saturated heterocycles. The summed E-state index contributed by atoms with van der Waals surface area (Å²) in [5.74, 6) is 1.87. The van der Waals surface area contributed by atoms with E-state index in [0.717, 1.165) is 77.7 Å². The predicted octanol–water partition coefficient (Wildman–Crippen LogP) is 2.47. The molecule has 1 amide bonds. The summed E-state index contributed by atoms with van der Waals surface area (Å²) in [5.41, 5.74) is 0. The first kappa shape index (κ1) is 24.9. The van der Waals surface area contributed by atoms with Crippen molar-refractivity contribution in [3.05, 3.63) is 0 Å². The van der Waals surface area contributed by atoms with Crippen molar-refractivity contribution in [3.8, 4) is 0 Å².